The quantitative estimate of drug-likeness (QED) is 0.389. The highest BCUT2D eigenvalue weighted by atomic mass is 16.6. The van der Waals surface area contributed by atoms with Crippen LogP contribution in [0.1, 0.15) is 38.7 Å². The summed E-state index contributed by atoms with van der Waals surface area (Å²) in [6.07, 6.45) is 2.00. The Bertz CT molecular complexity index is 489. The minimum Gasteiger partial charge on any atom is -0.389 e. The number of hydrogen-bond acceptors (Lipinski definition) is 5. The van der Waals surface area contributed by atoms with Crippen LogP contribution in [0.5, 0.6) is 0 Å². The van der Waals surface area contributed by atoms with E-state index in [0.29, 0.717) is 25.1 Å². The lowest BCUT2D eigenvalue weighted by atomic mass is 9.91. The SMILES string of the molecule is CCC(C)(O)C(N)CCCNc1cc(C)ccc1[N+](=O)[O-]. The number of nitro benzene ring substituents is 1. The van der Waals surface area contributed by atoms with Crippen molar-refractivity contribution in [3.05, 3.63) is 33.9 Å². The molecule has 0 aromatic heterocycles. The summed E-state index contributed by atoms with van der Waals surface area (Å²) in [5.41, 5.74) is 6.66. The number of aliphatic hydroxyl groups is 1. The van der Waals surface area contributed by atoms with E-state index in [0.717, 1.165) is 12.0 Å². The van der Waals surface area contributed by atoms with Crippen LogP contribution in [0.25, 0.3) is 0 Å². The predicted molar refractivity (Wildman–Crippen MR) is 84.4 cm³/mol. The van der Waals surface area contributed by atoms with Gasteiger partial charge in [-0.1, -0.05) is 13.0 Å². The van der Waals surface area contributed by atoms with Crippen LogP contribution in [-0.2, 0) is 0 Å². The Kier molecular flexibility index (Phi) is 6.11. The van der Waals surface area contributed by atoms with Crippen LogP contribution in [0.3, 0.4) is 0 Å². The standard InChI is InChI=1S/C15H25N3O3/c1-4-15(3,19)14(16)6-5-9-17-12-10-11(2)7-8-13(12)18(20)21/h7-8,10,14,17,19H,4-6,9,16H2,1-3H3. The number of nitrogens with one attached hydrogen (secondary N) is 1. The van der Waals surface area contributed by atoms with Crippen molar-refractivity contribution in [1.29, 1.82) is 0 Å². The third-order valence-corrected chi connectivity index (χ3v) is 3.87. The van der Waals surface area contributed by atoms with Gasteiger partial charge < -0.3 is 16.2 Å². The predicted octanol–water partition coefficient (Wildman–Crippen LogP) is 2.58. The summed E-state index contributed by atoms with van der Waals surface area (Å²) in [6.45, 7) is 6.10. The van der Waals surface area contributed by atoms with E-state index in [2.05, 4.69) is 5.32 Å². The fraction of sp³-hybridized carbons (Fsp3) is 0.600. The van der Waals surface area contributed by atoms with Crippen molar-refractivity contribution >= 4 is 11.4 Å². The number of aryl methyl sites for hydroxylation is 1. The van der Waals surface area contributed by atoms with Crippen molar-refractivity contribution < 1.29 is 10.0 Å². The molecule has 0 aliphatic heterocycles. The summed E-state index contributed by atoms with van der Waals surface area (Å²) in [5, 5.41) is 24.1. The summed E-state index contributed by atoms with van der Waals surface area (Å²) >= 11 is 0. The summed E-state index contributed by atoms with van der Waals surface area (Å²) in [4.78, 5) is 10.6. The van der Waals surface area contributed by atoms with Gasteiger partial charge in [0.05, 0.1) is 10.5 Å². The van der Waals surface area contributed by atoms with Crippen LogP contribution in [0.2, 0.25) is 0 Å². The zero-order valence-corrected chi connectivity index (χ0v) is 12.9. The number of nitrogens with two attached hydrogens (primary N) is 1. The molecule has 4 N–H and O–H groups in total. The number of nitrogens with zero attached hydrogens (tertiary/aromatic N) is 1. The molecular formula is C15H25N3O3. The van der Waals surface area contributed by atoms with Gasteiger partial charge in [-0.15, -0.1) is 0 Å². The first kappa shape index (κ1) is 17.4. The second kappa shape index (κ2) is 7.38. The number of benzene rings is 1. The van der Waals surface area contributed by atoms with Gasteiger partial charge >= 0.3 is 0 Å². The van der Waals surface area contributed by atoms with Crippen molar-refractivity contribution in [1.82, 2.24) is 0 Å². The van der Waals surface area contributed by atoms with Gasteiger partial charge in [0.1, 0.15) is 5.69 Å². The highest BCUT2D eigenvalue weighted by Crippen LogP contribution is 2.25. The summed E-state index contributed by atoms with van der Waals surface area (Å²) in [7, 11) is 0. The van der Waals surface area contributed by atoms with E-state index in [1.807, 2.05) is 13.8 Å². The number of hydrogen-bond donors (Lipinski definition) is 3. The highest BCUT2D eigenvalue weighted by Gasteiger charge is 2.26. The normalized spacial score (nSPS) is 15.3. The molecule has 0 spiro atoms. The Hall–Kier alpha value is -1.66. The monoisotopic (exact) mass is 295 g/mol. The minimum atomic E-state index is -0.866. The fourth-order valence-corrected chi connectivity index (χ4v) is 2.07. The first-order valence-corrected chi connectivity index (χ1v) is 7.24. The maximum Gasteiger partial charge on any atom is 0.292 e. The van der Waals surface area contributed by atoms with Crippen molar-refractivity contribution in [3.63, 3.8) is 0 Å². The van der Waals surface area contributed by atoms with Crippen molar-refractivity contribution in [2.45, 2.75) is 51.7 Å². The number of anilines is 1. The van der Waals surface area contributed by atoms with Gasteiger partial charge in [0.15, 0.2) is 0 Å². The van der Waals surface area contributed by atoms with Crippen LogP contribution in [-0.4, -0.2) is 28.2 Å². The third kappa shape index (κ3) is 4.99. The molecule has 0 radical (unpaired) electrons. The van der Waals surface area contributed by atoms with Crippen LogP contribution >= 0.6 is 0 Å². The molecule has 6 nitrogen and oxygen atoms in total. The number of rotatable bonds is 8. The molecule has 0 bridgehead atoms. The minimum absolute atomic E-state index is 0.0745. The van der Waals surface area contributed by atoms with E-state index in [-0.39, 0.29) is 11.7 Å². The topological polar surface area (TPSA) is 101 Å². The average Bonchev–Trinajstić information content (AvgIpc) is 2.42. The molecule has 2 unspecified atom stereocenters. The van der Waals surface area contributed by atoms with Gasteiger partial charge in [0.2, 0.25) is 0 Å². The lowest BCUT2D eigenvalue weighted by molar-refractivity contribution is -0.384. The molecule has 0 aliphatic rings. The van der Waals surface area contributed by atoms with Crippen molar-refractivity contribution in [2.75, 3.05) is 11.9 Å². The van der Waals surface area contributed by atoms with Gasteiger partial charge in [-0.2, -0.15) is 0 Å². The van der Waals surface area contributed by atoms with E-state index in [9.17, 15) is 15.2 Å². The molecule has 0 aliphatic carbocycles. The van der Waals surface area contributed by atoms with Crippen LogP contribution in [0, 0.1) is 17.0 Å². The van der Waals surface area contributed by atoms with E-state index in [1.54, 1.807) is 19.1 Å². The van der Waals surface area contributed by atoms with Gasteiger partial charge in [0, 0.05) is 18.7 Å². The maximum absolute atomic E-state index is 11.0. The molecule has 6 heteroatoms. The fourth-order valence-electron chi connectivity index (χ4n) is 2.07. The second-order valence-electron chi connectivity index (χ2n) is 5.66. The Morgan fingerprint density at radius 3 is 2.76 bits per heavy atom. The smallest absolute Gasteiger partial charge is 0.292 e. The Labute approximate surface area is 125 Å². The molecule has 118 valence electrons. The van der Waals surface area contributed by atoms with Crippen LogP contribution in [0.4, 0.5) is 11.4 Å². The van der Waals surface area contributed by atoms with Gasteiger partial charge in [0.25, 0.3) is 5.69 Å². The molecule has 21 heavy (non-hydrogen) atoms. The zero-order chi connectivity index (χ0) is 16.0. The Balaban J connectivity index is 2.53. The summed E-state index contributed by atoms with van der Waals surface area (Å²) in [6, 6.07) is 4.69. The summed E-state index contributed by atoms with van der Waals surface area (Å²) < 4.78 is 0. The summed E-state index contributed by atoms with van der Waals surface area (Å²) in [5.74, 6) is 0. The molecule has 1 rings (SSSR count). The Morgan fingerprint density at radius 2 is 2.19 bits per heavy atom. The van der Waals surface area contributed by atoms with Crippen molar-refractivity contribution in [2.24, 2.45) is 5.73 Å². The lowest BCUT2D eigenvalue weighted by Gasteiger charge is -2.28. The molecule has 0 heterocycles. The molecule has 0 fully saturated rings. The largest absolute Gasteiger partial charge is 0.389 e. The second-order valence-corrected chi connectivity index (χ2v) is 5.66. The molecule has 0 saturated heterocycles. The van der Waals surface area contributed by atoms with E-state index >= 15 is 0 Å². The Morgan fingerprint density at radius 1 is 1.52 bits per heavy atom. The average molecular weight is 295 g/mol. The van der Waals surface area contributed by atoms with E-state index in [4.69, 9.17) is 5.73 Å². The molecule has 2 atom stereocenters. The third-order valence-electron chi connectivity index (χ3n) is 3.87. The van der Waals surface area contributed by atoms with E-state index in [1.165, 1.54) is 6.07 Å². The van der Waals surface area contributed by atoms with Crippen LogP contribution < -0.4 is 11.1 Å². The molecule has 0 saturated carbocycles. The zero-order valence-electron chi connectivity index (χ0n) is 12.9. The van der Waals surface area contributed by atoms with E-state index < -0.39 is 10.5 Å². The van der Waals surface area contributed by atoms with Gasteiger partial charge in [-0.25, -0.2) is 0 Å². The highest BCUT2D eigenvalue weighted by molar-refractivity contribution is 5.62. The van der Waals surface area contributed by atoms with Gasteiger partial charge in [-0.3, -0.25) is 10.1 Å². The van der Waals surface area contributed by atoms with Gasteiger partial charge in [-0.05, 0) is 44.7 Å². The molecule has 1 aromatic carbocycles. The molecular weight excluding hydrogens is 270 g/mol. The molecule has 0 amide bonds. The lowest BCUT2D eigenvalue weighted by Crippen LogP contribution is -2.45. The maximum atomic E-state index is 11.0. The molecule has 1 aromatic rings. The first-order valence-electron chi connectivity index (χ1n) is 7.24. The van der Waals surface area contributed by atoms with Crippen LogP contribution in [0.15, 0.2) is 18.2 Å². The first-order chi connectivity index (χ1) is 9.77. The number of nitro groups is 1. The van der Waals surface area contributed by atoms with Crippen molar-refractivity contribution in [3.8, 4) is 0 Å².